The van der Waals surface area contributed by atoms with Crippen LogP contribution in [0.2, 0.25) is 0 Å². The van der Waals surface area contributed by atoms with E-state index in [1.54, 1.807) is 0 Å². The summed E-state index contributed by atoms with van der Waals surface area (Å²) in [5.41, 5.74) is 0. The number of nitrogens with zero attached hydrogens (tertiary/aromatic N) is 1. The fourth-order valence-corrected chi connectivity index (χ4v) is 3.87. The molecule has 2 fully saturated rings. The molecule has 4 nitrogen and oxygen atoms in total. The van der Waals surface area contributed by atoms with Gasteiger partial charge < -0.3 is 10.0 Å². The smallest absolute Gasteiger partial charge is 0.306 e. The van der Waals surface area contributed by atoms with Crippen molar-refractivity contribution >= 4 is 11.9 Å². The van der Waals surface area contributed by atoms with Gasteiger partial charge in [0, 0.05) is 19.0 Å². The summed E-state index contributed by atoms with van der Waals surface area (Å²) in [4.78, 5) is 25.5. The van der Waals surface area contributed by atoms with Crippen molar-refractivity contribution in [3.8, 4) is 0 Å². The van der Waals surface area contributed by atoms with E-state index in [0.29, 0.717) is 19.5 Å². The maximum Gasteiger partial charge on any atom is 0.306 e. The molecule has 0 bridgehead atoms. The summed E-state index contributed by atoms with van der Waals surface area (Å²) in [7, 11) is 0. The molecule has 20 heavy (non-hydrogen) atoms. The first-order valence-electron chi connectivity index (χ1n) is 8.00. The molecule has 0 aromatic rings. The number of amides is 1. The maximum atomic E-state index is 12.5. The van der Waals surface area contributed by atoms with E-state index in [9.17, 15) is 9.59 Å². The minimum atomic E-state index is -0.719. The van der Waals surface area contributed by atoms with Crippen LogP contribution in [-0.2, 0) is 9.59 Å². The van der Waals surface area contributed by atoms with Crippen LogP contribution in [0, 0.1) is 23.7 Å². The first-order valence-corrected chi connectivity index (χ1v) is 8.00. The molecule has 3 unspecified atom stereocenters. The Morgan fingerprint density at radius 1 is 1.25 bits per heavy atom. The molecule has 4 heteroatoms. The van der Waals surface area contributed by atoms with Gasteiger partial charge in [-0.05, 0) is 24.7 Å². The van der Waals surface area contributed by atoms with Crippen molar-refractivity contribution in [3.63, 3.8) is 0 Å². The molecule has 1 N–H and O–H groups in total. The Kier molecular flexibility index (Phi) is 5.06. The van der Waals surface area contributed by atoms with Crippen LogP contribution < -0.4 is 0 Å². The zero-order valence-corrected chi connectivity index (χ0v) is 12.7. The van der Waals surface area contributed by atoms with E-state index in [-0.39, 0.29) is 23.7 Å². The molecule has 3 atom stereocenters. The summed E-state index contributed by atoms with van der Waals surface area (Å²) >= 11 is 0. The highest BCUT2D eigenvalue weighted by atomic mass is 16.4. The third kappa shape index (κ3) is 3.53. The predicted octanol–water partition coefficient (Wildman–Crippen LogP) is 2.77. The Labute approximate surface area is 121 Å². The van der Waals surface area contributed by atoms with Gasteiger partial charge in [-0.15, -0.1) is 0 Å². The summed E-state index contributed by atoms with van der Waals surface area (Å²) < 4.78 is 0. The second kappa shape index (κ2) is 6.59. The standard InChI is InChI=1S/C16H27NO3/c1-11(9-13-5-3-4-6-13)15(18)17-8-7-14(16(19)20)12(2)10-17/h11-14H,3-10H2,1-2H3,(H,19,20). The van der Waals surface area contributed by atoms with Crippen LogP contribution in [0.3, 0.4) is 0 Å². The first kappa shape index (κ1) is 15.3. The minimum Gasteiger partial charge on any atom is -0.481 e. The number of carbonyl (C=O) groups excluding carboxylic acids is 1. The minimum absolute atomic E-state index is 0.0591. The molecule has 1 saturated carbocycles. The van der Waals surface area contributed by atoms with E-state index in [4.69, 9.17) is 5.11 Å². The number of hydrogen-bond donors (Lipinski definition) is 1. The van der Waals surface area contributed by atoms with Crippen molar-refractivity contribution in [1.82, 2.24) is 4.90 Å². The van der Waals surface area contributed by atoms with Crippen LogP contribution in [0.1, 0.15) is 52.4 Å². The molecule has 1 amide bonds. The highest BCUT2D eigenvalue weighted by molar-refractivity contribution is 5.79. The van der Waals surface area contributed by atoms with Crippen molar-refractivity contribution in [2.45, 2.75) is 52.4 Å². The third-order valence-corrected chi connectivity index (χ3v) is 5.12. The van der Waals surface area contributed by atoms with Crippen LogP contribution in [0.4, 0.5) is 0 Å². The number of carbonyl (C=O) groups is 2. The summed E-state index contributed by atoms with van der Waals surface area (Å²) in [5, 5.41) is 9.13. The number of carboxylic acids is 1. The molecule has 1 aliphatic carbocycles. The Hall–Kier alpha value is -1.06. The second-order valence-corrected chi connectivity index (χ2v) is 6.78. The van der Waals surface area contributed by atoms with Gasteiger partial charge in [0.15, 0.2) is 0 Å². The zero-order valence-electron chi connectivity index (χ0n) is 12.7. The Morgan fingerprint density at radius 3 is 2.45 bits per heavy atom. The number of rotatable bonds is 4. The predicted molar refractivity (Wildman–Crippen MR) is 77.2 cm³/mol. The van der Waals surface area contributed by atoms with Crippen molar-refractivity contribution < 1.29 is 14.7 Å². The molecule has 1 heterocycles. The summed E-state index contributed by atoms with van der Waals surface area (Å²) in [6.07, 6.45) is 6.77. The summed E-state index contributed by atoms with van der Waals surface area (Å²) in [5.74, 6) is 0.0962. The van der Waals surface area contributed by atoms with E-state index in [2.05, 4.69) is 0 Å². The monoisotopic (exact) mass is 281 g/mol. The largest absolute Gasteiger partial charge is 0.481 e. The van der Waals surface area contributed by atoms with E-state index >= 15 is 0 Å². The molecule has 0 spiro atoms. The molecule has 0 aromatic heterocycles. The highest BCUT2D eigenvalue weighted by Crippen LogP contribution is 2.32. The summed E-state index contributed by atoms with van der Waals surface area (Å²) in [6, 6.07) is 0. The van der Waals surface area contributed by atoms with Gasteiger partial charge in [0.25, 0.3) is 0 Å². The van der Waals surface area contributed by atoms with Crippen molar-refractivity contribution in [2.24, 2.45) is 23.7 Å². The Balaban J connectivity index is 1.85. The highest BCUT2D eigenvalue weighted by Gasteiger charge is 2.34. The van der Waals surface area contributed by atoms with Gasteiger partial charge in [-0.25, -0.2) is 0 Å². The Morgan fingerprint density at radius 2 is 1.90 bits per heavy atom. The van der Waals surface area contributed by atoms with Crippen molar-refractivity contribution in [1.29, 1.82) is 0 Å². The lowest BCUT2D eigenvalue weighted by molar-refractivity contribution is -0.149. The topological polar surface area (TPSA) is 57.6 Å². The lowest BCUT2D eigenvalue weighted by Crippen LogP contribution is -2.46. The number of piperidine rings is 1. The number of likely N-dealkylation sites (tertiary alicyclic amines) is 1. The molecular formula is C16H27NO3. The molecule has 1 aliphatic heterocycles. The molecule has 2 aliphatic rings. The van der Waals surface area contributed by atoms with Crippen LogP contribution in [0.5, 0.6) is 0 Å². The average Bonchev–Trinajstić information content (AvgIpc) is 2.90. The van der Waals surface area contributed by atoms with Crippen LogP contribution in [0.15, 0.2) is 0 Å². The van der Waals surface area contributed by atoms with Crippen molar-refractivity contribution in [3.05, 3.63) is 0 Å². The molecule has 1 saturated heterocycles. The fourth-order valence-electron chi connectivity index (χ4n) is 3.87. The van der Waals surface area contributed by atoms with E-state index < -0.39 is 5.97 Å². The van der Waals surface area contributed by atoms with E-state index in [1.807, 2.05) is 18.7 Å². The van der Waals surface area contributed by atoms with Gasteiger partial charge in [-0.3, -0.25) is 9.59 Å². The van der Waals surface area contributed by atoms with Gasteiger partial charge in [0.1, 0.15) is 0 Å². The fraction of sp³-hybridized carbons (Fsp3) is 0.875. The quantitative estimate of drug-likeness (QED) is 0.862. The van der Waals surface area contributed by atoms with Crippen LogP contribution in [-0.4, -0.2) is 35.0 Å². The molecule has 2 rings (SSSR count). The Bertz CT molecular complexity index is 363. The lowest BCUT2D eigenvalue weighted by atomic mass is 9.86. The van der Waals surface area contributed by atoms with Crippen LogP contribution >= 0.6 is 0 Å². The number of aliphatic carboxylic acids is 1. The van der Waals surface area contributed by atoms with Gasteiger partial charge in [-0.1, -0.05) is 39.5 Å². The van der Waals surface area contributed by atoms with Gasteiger partial charge in [0.2, 0.25) is 5.91 Å². The third-order valence-electron chi connectivity index (χ3n) is 5.12. The molecule has 0 radical (unpaired) electrons. The average molecular weight is 281 g/mol. The summed E-state index contributed by atoms with van der Waals surface area (Å²) in [6.45, 7) is 5.19. The second-order valence-electron chi connectivity index (χ2n) is 6.78. The van der Waals surface area contributed by atoms with Crippen molar-refractivity contribution in [2.75, 3.05) is 13.1 Å². The van der Waals surface area contributed by atoms with Gasteiger partial charge >= 0.3 is 5.97 Å². The first-order chi connectivity index (χ1) is 9.49. The normalized spacial score (nSPS) is 29.4. The zero-order chi connectivity index (χ0) is 14.7. The van der Waals surface area contributed by atoms with E-state index in [0.717, 1.165) is 12.3 Å². The lowest BCUT2D eigenvalue weighted by Gasteiger charge is -2.36. The van der Waals surface area contributed by atoms with E-state index in [1.165, 1.54) is 25.7 Å². The molecule has 0 aromatic carbocycles. The SMILES string of the molecule is CC(CC1CCCC1)C(=O)N1CCC(C(=O)O)C(C)C1. The van der Waals surface area contributed by atoms with Gasteiger partial charge in [-0.2, -0.15) is 0 Å². The number of hydrogen-bond acceptors (Lipinski definition) is 2. The number of carboxylic acid groups (broad SMARTS) is 1. The van der Waals surface area contributed by atoms with Crippen LogP contribution in [0.25, 0.3) is 0 Å². The molecular weight excluding hydrogens is 254 g/mol. The van der Waals surface area contributed by atoms with Gasteiger partial charge in [0.05, 0.1) is 5.92 Å². The molecule has 114 valence electrons. The maximum absolute atomic E-state index is 12.5.